The van der Waals surface area contributed by atoms with Gasteiger partial charge in [0.2, 0.25) is 0 Å². The second-order valence-corrected chi connectivity index (χ2v) is 13.0. The van der Waals surface area contributed by atoms with Crippen molar-refractivity contribution in [3.05, 3.63) is 46.5 Å². The number of carbonyl (C=O) groups is 1. The number of rotatable bonds is 3. The lowest BCUT2D eigenvalue weighted by Gasteiger charge is -2.44. The van der Waals surface area contributed by atoms with Crippen LogP contribution in [0.25, 0.3) is 0 Å². The predicted octanol–water partition coefficient (Wildman–Crippen LogP) is 4.05. The van der Waals surface area contributed by atoms with Crippen LogP contribution in [0.3, 0.4) is 0 Å². The van der Waals surface area contributed by atoms with Crippen molar-refractivity contribution < 1.29 is 14.3 Å². The lowest BCUT2D eigenvalue weighted by atomic mass is 9.73. The van der Waals surface area contributed by atoms with Crippen LogP contribution in [0, 0.1) is 16.9 Å². The Morgan fingerprint density at radius 1 is 1.33 bits per heavy atom. The SMILES string of the molecule is C[Si](C)(C)C#C[C@]12C=C(Br)[C@H](C[C@@H]1OCc1ccccc1)OC2=O. The fourth-order valence-corrected chi connectivity index (χ4v) is 4.07. The lowest BCUT2D eigenvalue weighted by Crippen LogP contribution is -2.54. The Kier molecular flexibility index (Phi) is 4.74. The molecule has 126 valence electrons. The first-order valence-corrected chi connectivity index (χ1v) is 12.4. The Labute approximate surface area is 152 Å². The third-order valence-electron chi connectivity index (χ3n) is 4.13. The van der Waals surface area contributed by atoms with E-state index in [0.29, 0.717) is 13.0 Å². The Hall–Kier alpha value is -1.35. The van der Waals surface area contributed by atoms with Crippen LogP contribution >= 0.6 is 15.9 Å². The summed E-state index contributed by atoms with van der Waals surface area (Å²) < 4.78 is 12.6. The molecule has 5 heteroatoms. The minimum absolute atomic E-state index is 0.256. The zero-order valence-electron chi connectivity index (χ0n) is 14.1. The number of hydrogen-bond donors (Lipinski definition) is 0. The first-order chi connectivity index (χ1) is 11.3. The molecule has 1 fully saturated rings. The molecule has 2 aliphatic heterocycles. The maximum absolute atomic E-state index is 12.6. The molecule has 2 bridgehead atoms. The van der Waals surface area contributed by atoms with Crippen LogP contribution in [0.4, 0.5) is 0 Å². The molecule has 3 aliphatic rings. The molecule has 0 aromatic heterocycles. The van der Waals surface area contributed by atoms with Crippen LogP contribution in [0.2, 0.25) is 19.6 Å². The summed E-state index contributed by atoms with van der Waals surface area (Å²) in [5.74, 6) is 2.95. The van der Waals surface area contributed by atoms with E-state index in [1.54, 1.807) is 0 Å². The van der Waals surface area contributed by atoms with E-state index in [1.807, 2.05) is 36.4 Å². The number of fused-ring (bicyclic) bond motifs is 2. The minimum atomic E-state index is -1.62. The lowest BCUT2D eigenvalue weighted by molar-refractivity contribution is -0.178. The Balaban J connectivity index is 1.90. The number of ether oxygens (including phenoxy) is 2. The highest BCUT2D eigenvalue weighted by Crippen LogP contribution is 2.46. The highest BCUT2D eigenvalue weighted by molar-refractivity contribution is 9.11. The van der Waals surface area contributed by atoms with Gasteiger partial charge in [-0.15, -0.1) is 5.54 Å². The quantitative estimate of drug-likeness (QED) is 0.433. The molecule has 0 radical (unpaired) electrons. The van der Waals surface area contributed by atoms with E-state index in [4.69, 9.17) is 9.47 Å². The second-order valence-electron chi connectivity index (χ2n) is 7.31. The Bertz CT molecular complexity index is 726. The second kappa shape index (κ2) is 6.51. The molecule has 1 saturated heterocycles. The maximum Gasteiger partial charge on any atom is 0.331 e. The number of benzene rings is 1. The summed E-state index contributed by atoms with van der Waals surface area (Å²) in [7, 11) is -1.62. The standard InChI is InChI=1S/C19H21BrO3Si/c1-24(2,3)10-9-19-12-15(20)16(23-18(19)21)11-17(19)22-13-14-7-5-4-6-8-14/h4-8,12,16-17H,11,13H2,1-3H3/t16-,17-,19-/m0/s1. The molecule has 3 atom stereocenters. The highest BCUT2D eigenvalue weighted by atomic mass is 79.9. The summed E-state index contributed by atoms with van der Waals surface area (Å²) in [4.78, 5) is 12.6. The van der Waals surface area contributed by atoms with Gasteiger partial charge < -0.3 is 9.47 Å². The minimum Gasteiger partial charge on any atom is -0.455 e. The molecule has 0 saturated carbocycles. The van der Waals surface area contributed by atoms with Crippen LogP contribution < -0.4 is 0 Å². The summed E-state index contributed by atoms with van der Waals surface area (Å²) in [5.41, 5.74) is 3.42. The monoisotopic (exact) mass is 404 g/mol. The van der Waals surface area contributed by atoms with Crippen molar-refractivity contribution in [1.29, 1.82) is 0 Å². The smallest absolute Gasteiger partial charge is 0.331 e. The van der Waals surface area contributed by atoms with Gasteiger partial charge in [0, 0.05) is 10.9 Å². The van der Waals surface area contributed by atoms with Gasteiger partial charge in [-0.1, -0.05) is 71.8 Å². The first-order valence-electron chi connectivity index (χ1n) is 8.09. The van der Waals surface area contributed by atoms with Crippen molar-refractivity contribution >= 4 is 30.0 Å². The third kappa shape index (κ3) is 3.51. The molecule has 2 heterocycles. The molecule has 0 amide bonds. The third-order valence-corrected chi connectivity index (χ3v) is 5.75. The molecule has 4 rings (SSSR count). The van der Waals surface area contributed by atoms with Gasteiger partial charge in [0.05, 0.1) is 12.7 Å². The van der Waals surface area contributed by atoms with Gasteiger partial charge in [0.25, 0.3) is 0 Å². The molecule has 0 unspecified atom stereocenters. The van der Waals surface area contributed by atoms with Crippen LogP contribution in [-0.4, -0.2) is 26.3 Å². The van der Waals surface area contributed by atoms with Gasteiger partial charge in [-0.25, -0.2) is 4.79 Å². The summed E-state index contributed by atoms with van der Waals surface area (Å²) in [6.45, 7) is 6.95. The molecular formula is C19H21BrO3Si. The highest BCUT2D eigenvalue weighted by Gasteiger charge is 2.55. The normalized spacial score (nSPS) is 28.7. The number of carbonyl (C=O) groups excluding carboxylic acids is 1. The summed E-state index contributed by atoms with van der Waals surface area (Å²) in [6, 6.07) is 9.98. The van der Waals surface area contributed by atoms with Gasteiger partial charge in [0.15, 0.2) is 5.41 Å². The largest absolute Gasteiger partial charge is 0.455 e. The van der Waals surface area contributed by atoms with Crippen molar-refractivity contribution in [3.63, 3.8) is 0 Å². The van der Waals surface area contributed by atoms with Crippen molar-refractivity contribution in [2.75, 3.05) is 0 Å². The Morgan fingerprint density at radius 3 is 2.71 bits per heavy atom. The number of esters is 1. The van der Waals surface area contributed by atoms with Crippen molar-refractivity contribution in [2.45, 2.75) is 44.9 Å². The zero-order valence-corrected chi connectivity index (χ0v) is 16.7. The maximum atomic E-state index is 12.6. The van der Waals surface area contributed by atoms with E-state index in [0.717, 1.165) is 10.0 Å². The van der Waals surface area contributed by atoms with Gasteiger partial charge >= 0.3 is 5.97 Å². The van der Waals surface area contributed by atoms with Crippen LogP contribution in [0.15, 0.2) is 40.9 Å². The average Bonchev–Trinajstić information content (AvgIpc) is 2.53. The first kappa shape index (κ1) is 17.5. The van der Waals surface area contributed by atoms with E-state index < -0.39 is 13.5 Å². The molecule has 1 aromatic carbocycles. The van der Waals surface area contributed by atoms with E-state index in [2.05, 4.69) is 47.0 Å². The van der Waals surface area contributed by atoms with E-state index in [-0.39, 0.29) is 18.2 Å². The van der Waals surface area contributed by atoms with Crippen LogP contribution in [0.5, 0.6) is 0 Å². The summed E-state index contributed by atoms with van der Waals surface area (Å²) in [5, 5.41) is 0. The van der Waals surface area contributed by atoms with Crippen molar-refractivity contribution in [2.24, 2.45) is 5.41 Å². The average molecular weight is 405 g/mol. The van der Waals surface area contributed by atoms with Gasteiger partial charge in [-0.05, 0) is 11.6 Å². The van der Waals surface area contributed by atoms with E-state index in [9.17, 15) is 4.79 Å². The van der Waals surface area contributed by atoms with Crippen LogP contribution in [-0.2, 0) is 20.9 Å². The molecule has 0 spiro atoms. The molecule has 0 N–H and O–H groups in total. The summed E-state index contributed by atoms with van der Waals surface area (Å²) >= 11 is 3.52. The van der Waals surface area contributed by atoms with Gasteiger partial charge in [-0.3, -0.25) is 0 Å². The Morgan fingerprint density at radius 2 is 2.04 bits per heavy atom. The zero-order chi connectivity index (χ0) is 17.4. The molecule has 1 aromatic rings. The van der Waals surface area contributed by atoms with Gasteiger partial charge in [-0.2, -0.15) is 0 Å². The molecular weight excluding hydrogens is 384 g/mol. The molecule has 24 heavy (non-hydrogen) atoms. The van der Waals surface area contributed by atoms with E-state index >= 15 is 0 Å². The van der Waals surface area contributed by atoms with Crippen molar-refractivity contribution in [1.82, 2.24) is 0 Å². The summed E-state index contributed by atoms with van der Waals surface area (Å²) in [6.07, 6.45) is 1.99. The fourth-order valence-electron chi connectivity index (χ4n) is 2.85. The van der Waals surface area contributed by atoms with Gasteiger partial charge in [0.1, 0.15) is 14.2 Å². The molecule has 1 aliphatic carbocycles. The topological polar surface area (TPSA) is 35.5 Å². The predicted molar refractivity (Wildman–Crippen MR) is 100 cm³/mol. The van der Waals surface area contributed by atoms with Crippen molar-refractivity contribution in [3.8, 4) is 11.5 Å². The fraction of sp³-hybridized carbons (Fsp3) is 0.421. The van der Waals surface area contributed by atoms with Crippen LogP contribution in [0.1, 0.15) is 12.0 Å². The number of hydrogen-bond acceptors (Lipinski definition) is 3. The van der Waals surface area contributed by atoms with E-state index in [1.165, 1.54) is 0 Å². The number of halogens is 1. The molecule has 3 nitrogen and oxygen atoms in total.